The molecule has 0 unspecified atom stereocenters. The molecule has 0 N–H and O–H groups in total. The fraction of sp³-hybridized carbons (Fsp3) is 0.263. The third kappa shape index (κ3) is 4.26. The molecule has 2 heterocycles. The number of hydrogen-bond acceptors (Lipinski definition) is 8. The molecular formula is C19H20N4O3S2. The van der Waals surface area contributed by atoms with Crippen LogP contribution in [-0.2, 0) is 11.2 Å². The maximum Gasteiger partial charge on any atom is 0.267 e. The lowest BCUT2D eigenvalue weighted by molar-refractivity contribution is -0.121. The number of amides is 1. The van der Waals surface area contributed by atoms with Crippen molar-refractivity contribution in [1.29, 1.82) is 0 Å². The van der Waals surface area contributed by atoms with Gasteiger partial charge in [0.1, 0.15) is 16.5 Å². The number of aromatic nitrogens is 2. The molecule has 1 aromatic heterocycles. The molecule has 0 aliphatic carbocycles. The molecule has 1 aliphatic heterocycles. The summed E-state index contributed by atoms with van der Waals surface area (Å²) >= 11 is 2.70. The highest BCUT2D eigenvalue weighted by atomic mass is 32.2. The first-order valence-corrected chi connectivity index (χ1v) is 10.2. The van der Waals surface area contributed by atoms with Crippen molar-refractivity contribution in [3.8, 4) is 11.5 Å². The molecule has 1 aliphatic rings. The van der Waals surface area contributed by atoms with Crippen LogP contribution in [0.1, 0.15) is 17.5 Å². The molecule has 0 bridgehead atoms. The first-order valence-electron chi connectivity index (χ1n) is 8.55. The Morgan fingerprint density at radius 3 is 2.75 bits per heavy atom. The van der Waals surface area contributed by atoms with Crippen LogP contribution in [0.15, 0.2) is 40.8 Å². The highest BCUT2D eigenvalue weighted by Crippen LogP contribution is 2.36. The molecule has 7 nitrogen and oxygen atoms in total. The van der Waals surface area contributed by atoms with Gasteiger partial charge in [0.2, 0.25) is 5.13 Å². The van der Waals surface area contributed by atoms with Gasteiger partial charge >= 0.3 is 0 Å². The quantitative estimate of drug-likeness (QED) is 0.503. The van der Waals surface area contributed by atoms with E-state index in [0.717, 1.165) is 17.0 Å². The Morgan fingerprint density at radius 1 is 1.29 bits per heavy atom. The van der Waals surface area contributed by atoms with Crippen molar-refractivity contribution < 1.29 is 14.3 Å². The highest BCUT2D eigenvalue weighted by Gasteiger charge is 2.33. The molecule has 146 valence electrons. The number of aliphatic imine (C=N–C) groups is 1. The summed E-state index contributed by atoms with van der Waals surface area (Å²) in [5, 5.41) is 10.1. The van der Waals surface area contributed by atoms with E-state index >= 15 is 0 Å². The van der Waals surface area contributed by atoms with Crippen molar-refractivity contribution in [2.24, 2.45) is 4.99 Å². The predicted molar refractivity (Wildman–Crippen MR) is 113 cm³/mol. The number of thioether (sulfide) groups is 1. The molecule has 0 radical (unpaired) electrons. The number of amidine groups is 1. The molecule has 28 heavy (non-hydrogen) atoms. The van der Waals surface area contributed by atoms with Crippen molar-refractivity contribution in [3.05, 3.63) is 46.3 Å². The highest BCUT2D eigenvalue weighted by molar-refractivity contribution is 8.18. The summed E-state index contributed by atoms with van der Waals surface area (Å²) in [4.78, 5) is 19.6. The normalized spacial score (nSPS) is 16.8. The van der Waals surface area contributed by atoms with E-state index in [0.29, 0.717) is 33.2 Å². The number of benzene rings is 1. The Balaban J connectivity index is 1.98. The Bertz CT molecular complexity index is 952. The standard InChI is InChI=1S/C19H20N4O3S2/c1-5-9-23-17(24)15(11-12-10-13(25-3)7-8-14(12)26-4)27-19(23)20-18-22-21-16(6-2)28-18/h5,7-8,10-11H,1,6,9H2,2-4H3/b15-11+,20-19?. The largest absolute Gasteiger partial charge is 0.497 e. The van der Waals surface area contributed by atoms with Crippen LogP contribution in [0.25, 0.3) is 6.08 Å². The lowest BCUT2D eigenvalue weighted by Gasteiger charge is -2.11. The molecule has 0 atom stereocenters. The minimum absolute atomic E-state index is 0.145. The topological polar surface area (TPSA) is 76.9 Å². The van der Waals surface area contributed by atoms with E-state index < -0.39 is 0 Å². The average molecular weight is 417 g/mol. The van der Waals surface area contributed by atoms with E-state index in [1.54, 1.807) is 37.3 Å². The maximum atomic E-state index is 12.9. The van der Waals surface area contributed by atoms with E-state index in [2.05, 4.69) is 21.8 Å². The number of hydrogen-bond donors (Lipinski definition) is 0. The molecule has 1 fully saturated rings. The second kappa shape index (κ2) is 9.03. The van der Waals surface area contributed by atoms with Crippen LogP contribution in [0.5, 0.6) is 11.5 Å². The second-order valence-corrected chi connectivity index (χ2v) is 7.70. The van der Waals surface area contributed by atoms with Gasteiger partial charge in [-0.2, -0.15) is 4.99 Å². The molecule has 1 amide bonds. The third-order valence-corrected chi connectivity index (χ3v) is 5.84. The van der Waals surface area contributed by atoms with Gasteiger partial charge in [-0.3, -0.25) is 9.69 Å². The van der Waals surface area contributed by atoms with Crippen molar-refractivity contribution in [2.75, 3.05) is 20.8 Å². The molecule has 0 saturated carbocycles. The van der Waals surface area contributed by atoms with Gasteiger partial charge in [0.25, 0.3) is 5.91 Å². The Labute approximate surface area is 171 Å². The average Bonchev–Trinajstić information content (AvgIpc) is 3.28. The van der Waals surface area contributed by atoms with Gasteiger partial charge < -0.3 is 9.47 Å². The monoisotopic (exact) mass is 416 g/mol. The number of carbonyl (C=O) groups excluding carboxylic acids is 1. The van der Waals surface area contributed by atoms with Crippen molar-refractivity contribution in [1.82, 2.24) is 15.1 Å². The third-order valence-electron chi connectivity index (χ3n) is 3.87. The summed E-state index contributed by atoms with van der Waals surface area (Å²) in [6, 6.07) is 5.44. The summed E-state index contributed by atoms with van der Waals surface area (Å²) < 4.78 is 10.7. The van der Waals surface area contributed by atoms with Gasteiger partial charge in [0.15, 0.2) is 5.17 Å². The summed E-state index contributed by atoms with van der Waals surface area (Å²) in [6.45, 7) is 6.11. The number of rotatable bonds is 7. The van der Waals surface area contributed by atoms with E-state index in [1.165, 1.54) is 23.1 Å². The minimum atomic E-state index is -0.145. The van der Waals surface area contributed by atoms with Crippen molar-refractivity contribution in [3.63, 3.8) is 0 Å². The smallest absolute Gasteiger partial charge is 0.267 e. The number of aryl methyl sites for hydroxylation is 1. The number of methoxy groups -OCH3 is 2. The summed E-state index contributed by atoms with van der Waals surface area (Å²) in [6.07, 6.45) is 4.25. The Hall–Kier alpha value is -2.65. The van der Waals surface area contributed by atoms with Gasteiger partial charge in [-0.1, -0.05) is 24.3 Å². The molecule has 2 aromatic rings. The summed E-state index contributed by atoms with van der Waals surface area (Å²) in [5.41, 5.74) is 0.752. The van der Waals surface area contributed by atoms with E-state index in [9.17, 15) is 4.79 Å². The summed E-state index contributed by atoms with van der Waals surface area (Å²) in [5.74, 6) is 1.19. The van der Waals surface area contributed by atoms with E-state index in [4.69, 9.17) is 9.47 Å². The zero-order chi connectivity index (χ0) is 20.1. The van der Waals surface area contributed by atoms with Crippen LogP contribution in [-0.4, -0.2) is 46.9 Å². The van der Waals surface area contributed by atoms with Crippen molar-refractivity contribution in [2.45, 2.75) is 13.3 Å². The van der Waals surface area contributed by atoms with Gasteiger partial charge in [-0.05, 0) is 42.5 Å². The lowest BCUT2D eigenvalue weighted by Crippen LogP contribution is -2.29. The fourth-order valence-corrected chi connectivity index (χ4v) is 4.18. The predicted octanol–water partition coefficient (Wildman–Crippen LogP) is 3.91. The van der Waals surface area contributed by atoms with Crippen LogP contribution in [0.4, 0.5) is 5.13 Å². The van der Waals surface area contributed by atoms with Gasteiger partial charge in [-0.15, -0.1) is 16.8 Å². The fourth-order valence-electron chi connectivity index (χ4n) is 2.49. The first kappa shape index (κ1) is 20.1. The van der Waals surface area contributed by atoms with Gasteiger partial charge in [0, 0.05) is 12.1 Å². The van der Waals surface area contributed by atoms with Crippen molar-refractivity contribution >= 4 is 45.4 Å². The molecule has 3 rings (SSSR count). The Morgan fingerprint density at radius 2 is 2.11 bits per heavy atom. The minimum Gasteiger partial charge on any atom is -0.497 e. The maximum absolute atomic E-state index is 12.9. The van der Waals surface area contributed by atoms with E-state index in [1.807, 2.05) is 19.1 Å². The molecule has 0 spiro atoms. The Kier molecular flexibility index (Phi) is 6.48. The SMILES string of the molecule is C=CCN1C(=O)/C(=C\c2cc(OC)ccc2OC)SC1=Nc1nnc(CC)s1. The lowest BCUT2D eigenvalue weighted by atomic mass is 10.1. The van der Waals surface area contributed by atoms with Crippen LogP contribution in [0, 0.1) is 0 Å². The first-order chi connectivity index (χ1) is 13.6. The van der Waals surface area contributed by atoms with E-state index in [-0.39, 0.29) is 5.91 Å². The molecule has 1 saturated heterocycles. The molecular weight excluding hydrogens is 396 g/mol. The number of carbonyl (C=O) groups is 1. The second-order valence-electron chi connectivity index (χ2n) is 5.65. The molecule has 9 heteroatoms. The van der Waals surface area contributed by atoms with Crippen LogP contribution >= 0.6 is 23.1 Å². The number of ether oxygens (including phenoxy) is 2. The van der Waals surface area contributed by atoms with Gasteiger partial charge in [-0.25, -0.2) is 0 Å². The summed E-state index contributed by atoms with van der Waals surface area (Å²) in [7, 11) is 3.18. The zero-order valence-electron chi connectivity index (χ0n) is 15.8. The zero-order valence-corrected chi connectivity index (χ0v) is 17.5. The van der Waals surface area contributed by atoms with Crippen LogP contribution in [0.2, 0.25) is 0 Å². The number of nitrogens with zero attached hydrogens (tertiary/aromatic N) is 4. The van der Waals surface area contributed by atoms with Gasteiger partial charge in [0.05, 0.1) is 19.1 Å². The van der Waals surface area contributed by atoms with Crippen LogP contribution in [0.3, 0.4) is 0 Å². The van der Waals surface area contributed by atoms with Crippen LogP contribution < -0.4 is 9.47 Å². The molecule has 1 aromatic carbocycles.